The Bertz CT molecular complexity index is 1590. The summed E-state index contributed by atoms with van der Waals surface area (Å²) in [4.78, 5) is 13.1. The van der Waals surface area contributed by atoms with E-state index in [1.54, 1.807) is 6.08 Å². The number of hydrogen-bond acceptors (Lipinski definition) is 8. The molecule has 1 aliphatic rings. The summed E-state index contributed by atoms with van der Waals surface area (Å²) < 4.78 is 11.3. The fourth-order valence-electron chi connectivity index (χ4n) is 9.55. The summed E-state index contributed by atoms with van der Waals surface area (Å²) in [6.45, 7) is 3.66. The van der Waals surface area contributed by atoms with Crippen LogP contribution in [-0.4, -0.2) is 87.5 Å². The predicted octanol–water partition coefficient (Wildman–Crippen LogP) is 16.9. The van der Waals surface area contributed by atoms with Gasteiger partial charge < -0.3 is 40.3 Å². The lowest BCUT2D eigenvalue weighted by Gasteiger charge is -2.40. The number of nitrogens with one attached hydrogen (secondary N) is 1. The molecular formula is C69H119NO8. The van der Waals surface area contributed by atoms with Crippen molar-refractivity contribution in [2.24, 2.45) is 0 Å². The Balaban J connectivity index is 2.22. The standard InChI is InChI=1S/C69H119NO8/c1-3-5-7-9-11-13-15-17-19-21-23-25-27-29-30-31-32-33-34-35-37-39-41-43-45-47-49-51-53-55-57-59-65(73)70-62(61-77-69-68(76)67(75)66(74)64(60-71)78-69)63(72)58-56-54-52-50-48-46-44-42-40-38-36-28-26-24-22-20-18-16-14-12-10-8-6-4-2/h5,7,11,13,17,19,23,25,29-30,32-33,40,42,48,50,56,58,62-64,66-69,71-72,74-76H,3-4,6,8-10,12,14-16,18,20-22,24,26-28,31,34-39,41,43-47,49,51-55,57,59-61H2,1-2H3,(H,70,73)/b7-5-,13-11-,19-17-,25-23-,30-29-,33-32-,42-40+,50-48+,58-56+. The summed E-state index contributed by atoms with van der Waals surface area (Å²) in [6.07, 6.45) is 77.4. The van der Waals surface area contributed by atoms with E-state index in [0.717, 1.165) is 83.5 Å². The van der Waals surface area contributed by atoms with Gasteiger partial charge in [0, 0.05) is 6.42 Å². The van der Waals surface area contributed by atoms with E-state index in [4.69, 9.17) is 9.47 Å². The lowest BCUT2D eigenvalue weighted by Crippen LogP contribution is -2.60. The van der Waals surface area contributed by atoms with E-state index >= 15 is 0 Å². The number of aliphatic hydroxyl groups excluding tert-OH is 5. The largest absolute Gasteiger partial charge is 0.394 e. The van der Waals surface area contributed by atoms with Crippen LogP contribution in [0.2, 0.25) is 0 Å². The van der Waals surface area contributed by atoms with Crippen LogP contribution in [0.4, 0.5) is 0 Å². The van der Waals surface area contributed by atoms with Crippen molar-refractivity contribution < 1.29 is 39.8 Å². The first-order valence-corrected chi connectivity index (χ1v) is 32.1. The molecule has 7 unspecified atom stereocenters. The summed E-state index contributed by atoms with van der Waals surface area (Å²) in [7, 11) is 0. The second-order valence-corrected chi connectivity index (χ2v) is 21.8. The third-order valence-electron chi connectivity index (χ3n) is 14.6. The van der Waals surface area contributed by atoms with E-state index in [2.05, 4.69) is 116 Å². The van der Waals surface area contributed by atoms with Crippen LogP contribution in [0.3, 0.4) is 0 Å². The molecule has 1 fully saturated rings. The molecule has 9 heteroatoms. The van der Waals surface area contributed by atoms with Gasteiger partial charge in [0.2, 0.25) is 5.91 Å². The summed E-state index contributed by atoms with van der Waals surface area (Å²) in [5.74, 6) is -0.196. The SMILES string of the molecule is CC/C=C\C/C=C\C/C=C\C/C=C\C/C=C\C/C=C\CCCCCCCCCCCCCCC(=O)NC(COC1OC(CO)C(O)C(O)C1O)C(O)/C=C/CC/C=C/CC/C=C/CCCCCCCCCCCCCCCC. The van der Waals surface area contributed by atoms with Crippen molar-refractivity contribution >= 4 is 5.91 Å². The van der Waals surface area contributed by atoms with Crippen LogP contribution in [0.5, 0.6) is 0 Å². The number of aliphatic hydroxyl groups is 5. The molecule has 1 heterocycles. The molecule has 7 atom stereocenters. The molecule has 0 radical (unpaired) electrons. The normalized spacial score (nSPS) is 19.4. The van der Waals surface area contributed by atoms with E-state index in [1.165, 1.54) is 161 Å². The number of hydrogen-bond donors (Lipinski definition) is 6. The van der Waals surface area contributed by atoms with E-state index < -0.39 is 49.5 Å². The number of rotatable bonds is 54. The van der Waals surface area contributed by atoms with Crippen LogP contribution < -0.4 is 5.32 Å². The van der Waals surface area contributed by atoms with Crippen molar-refractivity contribution in [3.8, 4) is 0 Å². The van der Waals surface area contributed by atoms with Crippen molar-refractivity contribution in [1.82, 2.24) is 5.32 Å². The van der Waals surface area contributed by atoms with Gasteiger partial charge in [0.1, 0.15) is 24.4 Å². The highest BCUT2D eigenvalue weighted by molar-refractivity contribution is 5.76. The molecule has 0 spiro atoms. The second kappa shape index (κ2) is 57.1. The minimum atomic E-state index is -1.58. The Morgan fingerprint density at radius 1 is 0.449 bits per heavy atom. The molecule has 0 saturated carbocycles. The molecule has 0 aromatic carbocycles. The third kappa shape index (κ3) is 45.6. The number of carbonyl (C=O) groups is 1. The Labute approximate surface area is 478 Å². The molecule has 1 amide bonds. The molecule has 1 saturated heterocycles. The third-order valence-corrected chi connectivity index (χ3v) is 14.6. The van der Waals surface area contributed by atoms with E-state index in [0.29, 0.717) is 6.42 Å². The Kier molecular flexibility index (Phi) is 53.3. The molecule has 6 N–H and O–H groups in total. The number of carbonyl (C=O) groups excluding carboxylic acids is 1. The minimum absolute atomic E-state index is 0.196. The number of ether oxygens (including phenoxy) is 2. The second-order valence-electron chi connectivity index (χ2n) is 21.8. The average molecular weight is 1090 g/mol. The first kappa shape index (κ1) is 72.9. The Morgan fingerprint density at radius 2 is 0.808 bits per heavy atom. The molecule has 0 bridgehead atoms. The molecule has 1 rings (SSSR count). The molecule has 0 aromatic rings. The van der Waals surface area contributed by atoms with Crippen molar-refractivity contribution in [2.45, 2.75) is 307 Å². The highest BCUT2D eigenvalue weighted by Crippen LogP contribution is 2.23. The lowest BCUT2D eigenvalue weighted by molar-refractivity contribution is -0.302. The van der Waals surface area contributed by atoms with Crippen LogP contribution in [0.1, 0.15) is 264 Å². The highest BCUT2D eigenvalue weighted by atomic mass is 16.7. The topological polar surface area (TPSA) is 149 Å². The summed E-state index contributed by atoms with van der Waals surface area (Å²) in [5.41, 5.74) is 0. The van der Waals surface area contributed by atoms with Crippen molar-refractivity contribution in [3.63, 3.8) is 0 Å². The molecule has 448 valence electrons. The van der Waals surface area contributed by atoms with Gasteiger partial charge in [0.05, 0.1) is 25.4 Å². The zero-order valence-corrected chi connectivity index (χ0v) is 49.9. The number of allylic oxidation sites excluding steroid dienone is 17. The zero-order valence-electron chi connectivity index (χ0n) is 49.9. The maximum Gasteiger partial charge on any atom is 0.220 e. The van der Waals surface area contributed by atoms with Gasteiger partial charge in [-0.25, -0.2) is 0 Å². The quantitative estimate of drug-likeness (QED) is 0.0261. The summed E-state index contributed by atoms with van der Waals surface area (Å²) in [6, 6.07) is -0.837. The first-order valence-electron chi connectivity index (χ1n) is 32.1. The lowest BCUT2D eigenvalue weighted by atomic mass is 9.99. The van der Waals surface area contributed by atoms with Gasteiger partial charge in [-0.3, -0.25) is 4.79 Å². The van der Waals surface area contributed by atoms with E-state index in [-0.39, 0.29) is 12.5 Å². The van der Waals surface area contributed by atoms with Crippen molar-refractivity contribution in [3.05, 3.63) is 109 Å². The first-order chi connectivity index (χ1) is 38.3. The maximum atomic E-state index is 13.1. The summed E-state index contributed by atoms with van der Waals surface area (Å²) >= 11 is 0. The number of unbranched alkanes of at least 4 members (excludes halogenated alkanes) is 28. The van der Waals surface area contributed by atoms with E-state index in [1.807, 2.05) is 6.08 Å². The van der Waals surface area contributed by atoms with Gasteiger partial charge in [-0.15, -0.1) is 0 Å². The van der Waals surface area contributed by atoms with Gasteiger partial charge in [-0.1, -0.05) is 271 Å². The number of amides is 1. The maximum absolute atomic E-state index is 13.1. The summed E-state index contributed by atoms with van der Waals surface area (Å²) in [5, 5.41) is 54.6. The molecule has 1 aliphatic heterocycles. The molecule has 0 aromatic heterocycles. The molecular weight excluding hydrogens is 971 g/mol. The fourth-order valence-corrected chi connectivity index (χ4v) is 9.55. The fraction of sp³-hybridized carbons (Fsp3) is 0.725. The monoisotopic (exact) mass is 1090 g/mol. The smallest absolute Gasteiger partial charge is 0.220 e. The van der Waals surface area contributed by atoms with Crippen LogP contribution >= 0.6 is 0 Å². The molecule has 0 aliphatic carbocycles. The van der Waals surface area contributed by atoms with Gasteiger partial charge in [0.15, 0.2) is 6.29 Å². The van der Waals surface area contributed by atoms with E-state index in [9.17, 15) is 30.3 Å². The van der Waals surface area contributed by atoms with Gasteiger partial charge in [-0.05, 0) is 96.3 Å². The Morgan fingerprint density at radius 3 is 1.23 bits per heavy atom. The van der Waals surface area contributed by atoms with Crippen molar-refractivity contribution in [1.29, 1.82) is 0 Å². The van der Waals surface area contributed by atoms with Crippen LogP contribution in [0, 0.1) is 0 Å². The predicted molar refractivity (Wildman–Crippen MR) is 331 cm³/mol. The van der Waals surface area contributed by atoms with Crippen molar-refractivity contribution in [2.75, 3.05) is 13.2 Å². The van der Waals surface area contributed by atoms with Crippen LogP contribution in [0.25, 0.3) is 0 Å². The minimum Gasteiger partial charge on any atom is -0.394 e. The molecule has 78 heavy (non-hydrogen) atoms. The Hall–Kier alpha value is -3.15. The average Bonchev–Trinajstić information content (AvgIpc) is 3.45. The van der Waals surface area contributed by atoms with Crippen LogP contribution in [0.15, 0.2) is 109 Å². The zero-order chi connectivity index (χ0) is 56.5. The van der Waals surface area contributed by atoms with Gasteiger partial charge >= 0.3 is 0 Å². The van der Waals surface area contributed by atoms with Crippen LogP contribution in [-0.2, 0) is 14.3 Å². The molecule has 9 nitrogen and oxygen atoms in total. The highest BCUT2D eigenvalue weighted by Gasteiger charge is 2.44. The van der Waals surface area contributed by atoms with Gasteiger partial charge in [-0.2, -0.15) is 0 Å². The van der Waals surface area contributed by atoms with Gasteiger partial charge in [0.25, 0.3) is 0 Å².